The summed E-state index contributed by atoms with van der Waals surface area (Å²) in [6.07, 6.45) is -4.14. The number of alkyl halides is 3. The van der Waals surface area contributed by atoms with Crippen LogP contribution in [0.15, 0.2) is 36.5 Å². The van der Waals surface area contributed by atoms with Gasteiger partial charge in [-0.05, 0) is 12.1 Å². The highest BCUT2D eigenvalue weighted by Crippen LogP contribution is 2.25. The van der Waals surface area contributed by atoms with Crippen molar-refractivity contribution < 1.29 is 18.0 Å². The number of para-hydroxylation sites is 1. The lowest BCUT2D eigenvalue weighted by Crippen LogP contribution is -2.23. The zero-order valence-electron chi connectivity index (χ0n) is 8.98. The summed E-state index contributed by atoms with van der Waals surface area (Å²) < 4.78 is 37.9. The van der Waals surface area contributed by atoms with Crippen molar-refractivity contribution in [3.8, 4) is 5.69 Å². The van der Waals surface area contributed by atoms with Crippen LogP contribution in [0, 0.1) is 0 Å². The molecule has 2 N–H and O–H groups in total. The topological polar surface area (TPSA) is 60.9 Å². The van der Waals surface area contributed by atoms with Gasteiger partial charge in [-0.1, -0.05) is 18.2 Å². The lowest BCUT2D eigenvalue weighted by atomic mass is 10.2. The maximum absolute atomic E-state index is 12.3. The van der Waals surface area contributed by atoms with E-state index in [-0.39, 0.29) is 5.82 Å². The zero-order chi connectivity index (χ0) is 13.3. The fourth-order valence-corrected chi connectivity index (χ4v) is 1.46. The van der Waals surface area contributed by atoms with E-state index in [1.807, 2.05) is 0 Å². The Bertz CT molecular complexity index is 575. The Morgan fingerprint density at radius 1 is 1.22 bits per heavy atom. The summed E-state index contributed by atoms with van der Waals surface area (Å²) in [6, 6.07) is 8.34. The van der Waals surface area contributed by atoms with Gasteiger partial charge in [0.1, 0.15) is 5.82 Å². The molecule has 94 valence electrons. The SMILES string of the molecule is Nc1c(C(=O)C(F)(F)F)cnn1-c1ccccc1. The van der Waals surface area contributed by atoms with Crippen molar-refractivity contribution in [2.24, 2.45) is 0 Å². The molecule has 2 rings (SSSR count). The van der Waals surface area contributed by atoms with Crippen LogP contribution in [0.2, 0.25) is 0 Å². The summed E-state index contributed by atoms with van der Waals surface area (Å²) in [7, 11) is 0. The maximum Gasteiger partial charge on any atom is 0.455 e. The number of Topliss-reactive ketones (excluding diaryl/α,β-unsaturated/α-hetero) is 1. The monoisotopic (exact) mass is 255 g/mol. The van der Waals surface area contributed by atoms with E-state index in [2.05, 4.69) is 5.10 Å². The predicted octanol–water partition coefficient (Wildman–Crippen LogP) is 2.20. The number of aromatic nitrogens is 2. The van der Waals surface area contributed by atoms with Crippen LogP contribution in [0.3, 0.4) is 0 Å². The lowest BCUT2D eigenvalue weighted by molar-refractivity contribution is -0.0884. The molecule has 1 aromatic heterocycles. The molecule has 2 aromatic rings. The van der Waals surface area contributed by atoms with Crippen LogP contribution in [0.5, 0.6) is 0 Å². The quantitative estimate of drug-likeness (QED) is 0.837. The maximum atomic E-state index is 12.3. The molecule has 0 aliphatic carbocycles. The molecule has 0 fully saturated rings. The molecule has 0 saturated carbocycles. The summed E-state index contributed by atoms with van der Waals surface area (Å²) in [5.41, 5.74) is 5.35. The van der Waals surface area contributed by atoms with Crippen LogP contribution in [0.1, 0.15) is 10.4 Å². The molecule has 0 atom stereocenters. The first-order chi connectivity index (χ1) is 8.41. The molecule has 0 spiro atoms. The van der Waals surface area contributed by atoms with Crippen molar-refractivity contribution in [3.05, 3.63) is 42.1 Å². The third kappa shape index (κ3) is 2.06. The highest BCUT2D eigenvalue weighted by Gasteiger charge is 2.41. The summed E-state index contributed by atoms with van der Waals surface area (Å²) >= 11 is 0. The molecule has 0 saturated heterocycles. The summed E-state index contributed by atoms with van der Waals surface area (Å²) in [5.74, 6) is -2.33. The van der Waals surface area contributed by atoms with Gasteiger partial charge < -0.3 is 5.73 Å². The largest absolute Gasteiger partial charge is 0.455 e. The molecular weight excluding hydrogens is 247 g/mol. The molecule has 0 radical (unpaired) electrons. The van der Waals surface area contributed by atoms with Crippen LogP contribution in [0.25, 0.3) is 5.69 Å². The smallest absolute Gasteiger partial charge is 0.383 e. The van der Waals surface area contributed by atoms with E-state index in [1.165, 1.54) is 0 Å². The normalized spacial score (nSPS) is 11.5. The Labute approximate surface area is 99.8 Å². The van der Waals surface area contributed by atoms with E-state index in [0.29, 0.717) is 5.69 Å². The third-order valence-corrected chi connectivity index (χ3v) is 2.31. The number of ketones is 1. The number of carbonyl (C=O) groups excluding carboxylic acids is 1. The molecular formula is C11H8F3N3O. The van der Waals surface area contributed by atoms with E-state index < -0.39 is 17.5 Å². The van der Waals surface area contributed by atoms with Gasteiger partial charge in [-0.3, -0.25) is 4.79 Å². The van der Waals surface area contributed by atoms with Crippen molar-refractivity contribution in [1.82, 2.24) is 9.78 Å². The fraction of sp³-hybridized carbons (Fsp3) is 0.0909. The molecule has 4 nitrogen and oxygen atoms in total. The molecule has 7 heteroatoms. The predicted molar refractivity (Wildman–Crippen MR) is 58.4 cm³/mol. The first kappa shape index (κ1) is 12.2. The van der Waals surface area contributed by atoms with Gasteiger partial charge in [-0.2, -0.15) is 18.3 Å². The van der Waals surface area contributed by atoms with Gasteiger partial charge in [0.25, 0.3) is 5.78 Å². The van der Waals surface area contributed by atoms with Crippen molar-refractivity contribution >= 4 is 11.6 Å². The second kappa shape index (κ2) is 4.17. The number of nitrogen functional groups attached to an aromatic ring is 1. The number of carbonyl (C=O) groups is 1. The highest BCUT2D eigenvalue weighted by molar-refractivity contribution is 6.03. The van der Waals surface area contributed by atoms with Gasteiger partial charge >= 0.3 is 6.18 Å². The number of nitrogens with zero attached hydrogens (tertiary/aromatic N) is 2. The summed E-state index contributed by atoms with van der Waals surface area (Å²) in [4.78, 5) is 11.1. The minimum atomic E-state index is -4.96. The molecule has 0 aliphatic heterocycles. The minimum Gasteiger partial charge on any atom is -0.383 e. The van der Waals surface area contributed by atoms with Gasteiger partial charge in [0, 0.05) is 0 Å². The van der Waals surface area contributed by atoms with E-state index in [0.717, 1.165) is 10.9 Å². The number of halogens is 3. The molecule has 0 aliphatic rings. The van der Waals surface area contributed by atoms with E-state index in [1.54, 1.807) is 30.3 Å². The fourth-order valence-electron chi connectivity index (χ4n) is 1.46. The number of hydrogen-bond acceptors (Lipinski definition) is 3. The molecule has 0 unspecified atom stereocenters. The zero-order valence-corrected chi connectivity index (χ0v) is 8.98. The van der Waals surface area contributed by atoms with E-state index in [9.17, 15) is 18.0 Å². The second-order valence-electron chi connectivity index (χ2n) is 3.52. The average molecular weight is 255 g/mol. The first-order valence-corrected chi connectivity index (χ1v) is 4.91. The van der Waals surface area contributed by atoms with Crippen molar-refractivity contribution in [1.29, 1.82) is 0 Å². The molecule has 0 bridgehead atoms. The Kier molecular flexibility index (Phi) is 2.82. The van der Waals surface area contributed by atoms with Crippen LogP contribution >= 0.6 is 0 Å². The van der Waals surface area contributed by atoms with Crippen molar-refractivity contribution in [3.63, 3.8) is 0 Å². The van der Waals surface area contributed by atoms with Crippen LogP contribution in [-0.4, -0.2) is 21.7 Å². The standard InChI is InChI=1S/C11H8F3N3O/c12-11(13,14)9(18)8-6-16-17(10(8)15)7-4-2-1-3-5-7/h1-6H,15H2. The van der Waals surface area contributed by atoms with Crippen LogP contribution < -0.4 is 5.73 Å². The number of anilines is 1. The average Bonchev–Trinajstić information content (AvgIpc) is 2.70. The second-order valence-corrected chi connectivity index (χ2v) is 3.52. The number of rotatable bonds is 2. The molecule has 0 amide bonds. The summed E-state index contributed by atoms with van der Waals surface area (Å²) in [6.45, 7) is 0. The Morgan fingerprint density at radius 2 is 1.83 bits per heavy atom. The molecule has 1 heterocycles. The van der Waals surface area contributed by atoms with Crippen molar-refractivity contribution in [2.75, 3.05) is 5.73 Å². The first-order valence-electron chi connectivity index (χ1n) is 4.91. The number of benzene rings is 1. The Morgan fingerprint density at radius 3 is 2.39 bits per heavy atom. The van der Waals surface area contributed by atoms with Gasteiger partial charge in [0.15, 0.2) is 0 Å². The van der Waals surface area contributed by atoms with E-state index >= 15 is 0 Å². The number of hydrogen-bond donors (Lipinski definition) is 1. The van der Waals surface area contributed by atoms with Crippen LogP contribution in [0.4, 0.5) is 19.0 Å². The van der Waals surface area contributed by atoms with Crippen molar-refractivity contribution in [2.45, 2.75) is 6.18 Å². The van der Waals surface area contributed by atoms with Gasteiger partial charge in [0.2, 0.25) is 0 Å². The summed E-state index contributed by atoms with van der Waals surface area (Å²) in [5, 5.41) is 3.69. The Hall–Kier alpha value is -2.31. The molecule has 1 aromatic carbocycles. The minimum absolute atomic E-state index is 0.330. The van der Waals surface area contributed by atoms with Crippen LogP contribution in [-0.2, 0) is 0 Å². The number of nitrogens with two attached hydrogens (primary N) is 1. The highest BCUT2D eigenvalue weighted by atomic mass is 19.4. The van der Waals surface area contributed by atoms with E-state index in [4.69, 9.17) is 5.73 Å². The Balaban J connectivity index is 2.45. The van der Waals surface area contributed by atoms with Gasteiger partial charge in [0.05, 0.1) is 17.4 Å². The lowest BCUT2D eigenvalue weighted by Gasteiger charge is -2.06. The third-order valence-electron chi connectivity index (χ3n) is 2.31. The van der Waals surface area contributed by atoms with Gasteiger partial charge in [-0.15, -0.1) is 0 Å². The van der Waals surface area contributed by atoms with Gasteiger partial charge in [-0.25, -0.2) is 4.68 Å². The molecule has 18 heavy (non-hydrogen) atoms.